The zero-order valence-corrected chi connectivity index (χ0v) is 17.0. The van der Waals surface area contributed by atoms with E-state index in [1.54, 1.807) is 13.0 Å². The van der Waals surface area contributed by atoms with Crippen molar-refractivity contribution in [3.05, 3.63) is 51.8 Å². The number of ketones is 1. The van der Waals surface area contributed by atoms with Crippen LogP contribution in [0.25, 0.3) is 10.8 Å². The van der Waals surface area contributed by atoms with Gasteiger partial charge in [-0.05, 0) is 38.8 Å². The zero-order valence-electron chi connectivity index (χ0n) is 16.2. The number of aryl methyl sites for hydroxylation is 1. The summed E-state index contributed by atoms with van der Waals surface area (Å²) in [5, 5.41) is 8.35. The SMILES string of the molecule is CC(=O)c1nn(Cc2cc(C)no2)c(=O)c2cc(S(=O)(=O)NC3(C)CC3)ccc12. The largest absolute Gasteiger partial charge is 0.359 e. The van der Waals surface area contributed by atoms with E-state index in [1.807, 2.05) is 6.92 Å². The number of benzene rings is 1. The Labute approximate surface area is 166 Å². The Morgan fingerprint density at radius 3 is 2.59 bits per heavy atom. The zero-order chi connectivity index (χ0) is 21.0. The van der Waals surface area contributed by atoms with E-state index >= 15 is 0 Å². The molecular weight excluding hydrogens is 396 g/mol. The Morgan fingerprint density at radius 1 is 1.28 bits per heavy atom. The van der Waals surface area contributed by atoms with Crippen LogP contribution in [0.4, 0.5) is 0 Å². The van der Waals surface area contributed by atoms with Crippen molar-refractivity contribution in [2.45, 2.75) is 50.6 Å². The maximum Gasteiger partial charge on any atom is 0.275 e. The second-order valence-corrected chi connectivity index (χ2v) is 9.36. The molecule has 2 aromatic heterocycles. The minimum Gasteiger partial charge on any atom is -0.359 e. The summed E-state index contributed by atoms with van der Waals surface area (Å²) < 4.78 is 34.3. The number of nitrogens with one attached hydrogen (secondary N) is 1. The molecule has 10 heteroatoms. The molecule has 2 heterocycles. The molecule has 1 saturated carbocycles. The molecule has 0 bridgehead atoms. The molecule has 0 amide bonds. The lowest BCUT2D eigenvalue weighted by Crippen LogP contribution is -2.34. The standard InChI is InChI=1S/C19H20N4O5S/c1-11-8-13(28-21-11)10-23-18(25)16-9-14(29(26,27)22-19(3)6-7-19)4-5-15(16)17(20-23)12(2)24/h4-5,8-9,22H,6-7,10H2,1-3H3. The Morgan fingerprint density at radius 2 is 2.00 bits per heavy atom. The second-order valence-electron chi connectivity index (χ2n) is 7.68. The molecule has 1 N–H and O–H groups in total. The Kier molecular flexibility index (Phi) is 4.43. The van der Waals surface area contributed by atoms with Crippen LogP contribution in [0.15, 0.2) is 38.5 Å². The van der Waals surface area contributed by atoms with Gasteiger partial charge in [-0.25, -0.2) is 17.8 Å². The Hall–Kier alpha value is -2.85. The van der Waals surface area contributed by atoms with Gasteiger partial charge in [0.25, 0.3) is 5.56 Å². The fraction of sp³-hybridized carbons (Fsp3) is 0.368. The smallest absolute Gasteiger partial charge is 0.275 e. The summed E-state index contributed by atoms with van der Waals surface area (Å²) in [6.07, 6.45) is 1.53. The number of fused-ring (bicyclic) bond motifs is 1. The molecule has 0 spiro atoms. The van der Waals surface area contributed by atoms with E-state index in [-0.39, 0.29) is 28.3 Å². The summed E-state index contributed by atoms with van der Waals surface area (Å²) in [5.74, 6) is 0.0646. The van der Waals surface area contributed by atoms with Gasteiger partial charge in [-0.15, -0.1) is 0 Å². The van der Waals surface area contributed by atoms with Crippen LogP contribution in [-0.2, 0) is 16.6 Å². The molecule has 0 saturated heterocycles. The quantitative estimate of drug-likeness (QED) is 0.607. The van der Waals surface area contributed by atoms with Crippen LogP contribution in [0.2, 0.25) is 0 Å². The van der Waals surface area contributed by atoms with E-state index in [1.165, 1.54) is 25.1 Å². The molecular formula is C19H20N4O5S. The van der Waals surface area contributed by atoms with Crippen molar-refractivity contribution in [2.24, 2.45) is 0 Å². The average Bonchev–Trinajstić information content (AvgIpc) is 3.21. The molecule has 1 aromatic carbocycles. The topological polar surface area (TPSA) is 124 Å². The average molecular weight is 416 g/mol. The fourth-order valence-electron chi connectivity index (χ4n) is 3.11. The minimum atomic E-state index is -3.80. The number of aromatic nitrogens is 3. The first-order valence-electron chi connectivity index (χ1n) is 9.10. The van der Waals surface area contributed by atoms with Crippen LogP contribution in [0.1, 0.15) is 48.6 Å². The highest BCUT2D eigenvalue weighted by Gasteiger charge is 2.41. The molecule has 29 heavy (non-hydrogen) atoms. The van der Waals surface area contributed by atoms with Crippen molar-refractivity contribution >= 4 is 26.6 Å². The van der Waals surface area contributed by atoms with Crippen LogP contribution in [0.3, 0.4) is 0 Å². The number of sulfonamides is 1. The number of rotatable bonds is 6. The number of Topliss-reactive ketones (excluding diaryl/α,β-unsaturated/α-hetero) is 1. The van der Waals surface area contributed by atoms with Gasteiger partial charge in [0.1, 0.15) is 12.2 Å². The van der Waals surface area contributed by atoms with Gasteiger partial charge in [0.15, 0.2) is 11.5 Å². The van der Waals surface area contributed by atoms with Gasteiger partial charge < -0.3 is 4.52 Å². The highest BCUT2D eigenvalue weighted by atomic mass is 32.2. The lowest BCUT2D eigenvalue weighted by atomic mass is 10.1. The third-order valence-corrected chi connectivity index (χ3v) is 6.57. The van der Waals surface area contributed by atoms with Gasteiger partial charge in [-0.1, -0.05) is 11.2 Å². The summed E-state index contributed by atoms with van der Waals surface area (Å²) in [6.45, 7) is 4.89. The predicted octanol–water partition coefficient (Wildman–Crippen LogP) is 1.77. The summed E-state index contributed by atoms with van der Waals surface area (Å²) in [5.41, 5.74) is -0.231. The van der Waals surface area contributed by atoms with E-state index in [0.29, 0.717) is 16.8 Å². The third kappa shape index (κ3) is 3.73. The lowest BCUT2D eigenvalue weighted by molar-refractivity contribution is 0.101. The normalized spacial score (nSPS) is 15.6. The van der Waals surface area contributed by atoms with Crippen LogP contribution in [0, 0.1) is 6.92 Å². The lowest BCUT2D eigenvalue weighted by Gasteiger charge is -2.13. The molecule has 4 rings (SSSR count). The van der Waals surface area contributed by atoms with Crippen LogP contribution < -0.4 is 10.3 Å². The van der Waals surface area contributed by atoms with E-state index < -0.39 is 21.1 Å². The van der Waals surface area contributed by atoms with Gasteiger partial charge in [0.05, 0.1) is 16.0 Å². The molecule has 0 unspecified atom stereocenters. The predicted molar refractivity (Wildman–Crippen MR) is 104 cm³/mol. The van der Waals surface area contributed by atoms with Gasteiger partial charge in [0, 0.05) is 23.9 Å². The van der Waals surface area contributed by atoms with E-state index in [4.69, 9.17) is 4.52 Å². The molecule has 0 atom stereocenters. The van der Waals surface area contributed by atoms with Gasteiger partial charge in [-0.3, -0.25) is 9.59 Å². The first kappa shape index (κ1) is 19.5. The molecule has 3 aromatic rings. The van der Waals surface area contributed by atoms with Gasteiger partial charge in [0.2, 0.25) is 10.0 Å². The number of hydrogen-bond acceptors (Lipinski definition) is 7. The monoisotopic (exact) mass is 416 g/mol. The van der Waals surface area contributed by atoms with Crippen LogP contribution >= 0.6 is 0 Å². The molecule has 1 aliphatic rings. The molecule has 1 aliphatic carbocycles. The summed E-state index contributed by atoms with van der Waals surface area (Å²) >= 11 is 0. The third-order valence-electron chi connectivity index (χ3n) is 4.94. The first-order chi connectivity index (χ1) is 13.6. The number of hydrogen-bond donors (Lipinski definition) is 1. The molecule has 0 aliphatic heterocycles. The van der Waals surface area contributed by atoms with Crippen molar-refractivity contribution in [3.8, 4) is 0 Å². The summed E-state index contributed by atoms with van der Waals surface area (Å²) in [7, 11) is -3.80. The summed E-state index contributed by atoms with van der Waals surface area (Å²) in [4.78, 5) is 25.1. The number of nitrogens with zero attached hydrogens (tertiary/aromatic N) is 3. The van der Waals surface area contributed by atoms with Crippen molar-refractivity contribution < 1.29 is 17.7 Å². The highest BCUT2D eigenvalue weighted by Crippen LogP contribution is 2.36. The summed E-state index contributed by atoms with van der Waals surface area (Å²) in [6, 6.07) is 5.79. The second kappa shape index (κ2) is 6.60. The van der Waals surface area contributed by atoms with Crippen molar-refractivity contribution in [1.82, 2.24) is 19.7 Å². The van der Waals surface area contributed by atoms with Gasteiger partial charge >= 0.3 is 0 Å². The maximum atomic E-state index is 13.0. The number of carbonyl (C=O) groups is 1. The van der Waals surface area contributed by atoms with Crippen molar-refractivity contribution in [2.75, 3.05) is 0 Å². The van der Waals surface area contributed by atoms with E-state index in [0.717, 1.165) is 17.5 Å². The fourth-order valence-corrected chi connectivity index (χ4v) is 4.60. The maximum absolute atomic E-state index is 13.0. The Balaban J connectivity index is 1.86. The number of carbonyl (C=O) groups excluding carboxylic acids is 1. The van der Waals surface area contributed by atoms with Crippen LogP contribution in [-0.4, -0.2) is 34.7 Å². The highest BCUT2D eigenvalue weighted by molar-refractivity contribution is 7.89. The van der Waals surface area contributed by atoms with E-state index in [2.05, 4.69) is 15.0 Å². The van der Waals surface area contributed by atoms with Gasteiger partial charge in [-0.2, -0.15) is 5.10 Å². The van der Waals surface area contributed by atoms with Crippen molar-refractivity contribution in [3.63, 3.8) is 0 Å². The molecule has 9 nitrogen and oxygen atoms in total. The van der Waals surface area contributed by atoms with Crippen molar-refractivity contribution in [1.29, 1.82) is 0 Å². The first-order valence-corrected chi connectivity index (χ1v) is 10.6. The minimum absolute atomic E-state index is 0.0246. The molecule has 0 radical (unpaired) electrons. The Bertz CT molecular complexity index is 1300. The van der Waals surface area contributed by atoms with E-state index in [9.17, 15) is 18.0 Å². The van der Waals surface area contributed by atoms with Crippen LogP contribution in [0.5, 0.6) is 0 Å². The molecule has 1 fully saturated rings. The molecule has 152 valence electrons.